The average molecular weight is 566 g/mol. The summed E-state index contributed by atoms with van der Waals surface area (Å²) < 4.78 is 6.22. The van der Waals surface area contributed by atoms with Gasteiger partial charge in [0, 0.05) is 6.54 Å². The molecule has 0 saturated heterocycles. The number of rotatable bonds is 11. The Labute approximate surface area is 256 Å². The number of hydrogen-bond acceptors (Lipinski definition) is 2. The van der Waals surface area contributed by atoms with Crippen LogP contribution in [0.1, 0.15) is 168 Å². The summed E-state index contributed by atoms with van der Waals surface area (Å²) in [7, 11) is 0. The van der Waals surface area contributed by atoms with Gasteiger partial charge in [0.2, 0.25) is 0 Å². The molecule has 1 aromatic rings. The van der Waals surface area contributed by atoms with Crippen LogP contribution in [-0.2, 0) is 0 Å². The average Bonchev–Trinajstić information content (AvgIpc) is 3.01. The standard InChI is InChI=1S/C26H43NO.6C2H6/c1-7-27-16-8-9-23(17-20(2)3)22-10-12-25(13-11-22)28-19-24-18-26(5,6)15-14-21(24)4;6*1-2/h7,10-13,20-21,23-24,27H,1,8-9,14-19H2,2-6H3;6*1-2H3/t21?,23?,24-;;;;;;/m1....../s1. The summed E-state index contributed by atoms with van der Waals surface area (Å²) in [4.78, 5) is 0. The molecule has 0 aliphatic heterocycles. The van der Waals surface area contributed by atoms with Crippen LogP contribution in [-0.4, -0.2) is 13.2 Å². The summed E-state index contributed by atoms with van der Waals surface area (Å²) in [5.74, 6) is 3.81. The molecule has 2 rings (SSSR count). The highest BCUT2D eigenvalue weighted by atomic mass is 16.5. The smallest absolute Gasteiger partial charge is 0.119 e. The normalized spacial score (nSPS) is 16.8. The van der Waals surface area contributed by atoms with E-state index in [1.54, 1.807) is 6.20 Å². The van der Waals surface area contributed by atoms with E-state index in [9.17, 15) is 0 Å². The van der Waals surface area contributed by atoms with Crippen LogP contribution in [0.4, 0.5) is 0 Å². The van der Waals surface area contributed by atoms with Crippen LogP contribution in [0.3, 0.4) is 0 Å². The molecular formula is C38H79NO. The van der Waals surface area contributed by atoms with Gasteiger partial charge in [0.05, 0.1) is 6.61 Å². The first-order valence-electron chi connectivity index (χ1n) is 17.4. The van der Waals surface area contributed by atoms with E-state index in [1.807, 2.05) is 83.1 Å². The summed E-state index contributed by atoms with van der Waals surface area (Å²) in [6.45, 7) is 41.4. The lowest BCUT2D eigenvalue weighted by Crippen LogP contribution is -2.32. The van der Waals surface area contributed by atoms with Crippen LogP contribution in [0.2, 0.25) is 0 Å². The van der Waals surface area contributed by atoms with Crippen molar-refractivity contribution in [2.75, 3.05) is 13.2 Å². The van der Waals surface area contributed by atoms with E-state index in [2.05, 4.69) is 70.8 Å². The lowest BCUT2D eigenvalue weighted by atomic mass is 9.68. The van der Waals surface area contributed by atoms with Gasteiger partial charge in [-0.2, -0.15) is 0 Å². The van der Waals surface area contributed by atoms with Gasteiger partial charge in [0.25, 0.3) is 0 Å². The minimum atomic E-state index is 0.467. The zero-order valence-corrected chi connectivity index (χ0v) is 31.0. The van der Waals surface area contributed by atoms with E-state index in [1.165, 1.54) is 44.1 Å². The molecular weight excluding hydrogens is 486 g/mol. The molecule has 0 bridgehead atoms. The maximum Gasteiger partial charge on any atom is 0.119 e. The predicted octanol–water partition coefficient (Wildman–Crippen LogP) is 13.3. The summed E-state index contributed by atoms with van der Waals surface area (Å²) in [6, 6.07) is 8.95. The molecule has 0 spiro atoms. The fraction of sp³-hybridized carbons (Fsp3) is 0.789. The fourth-order valence-electron chi connectivity index (χ4n) is 4.67. The van der Waals surface area contributed by atoms with E-state index in [0.29, 0.717) is 23.2 Å². The zero-order chi connectivity index (χ0) is 32.6. The van der Waals surface area contributed by atoms with E-state index in [0.717, 1.165) is 24.8 Å². The lowest BCUT2D eigenvalue weighted by molar-refractivity contribution is 0.0851. The van der Waals surface area contributed by atoms with E-state index in [-0.39, 0.29) is 0 Å². The van der Waals surface area contributed by atoms with Crippen molar-refractivity contribution in [1.82, 2.24) is 5.32 Å². The molecule has 2 unspecified atom stereocenters. The second-order valence-corrected chi connectivity index (χ2v) is 10.2. The van der Waals surface area contributed by atoms with Gasteiger partial charge in [0.15, 0.2) is 0 Å². The largest absolute Gasteiger partial charge is 0.493 e. The molecule has 0 amide bonds. The van der Waals surface area contributed by atoms with Gasteiger partial charge in [-0.05, 0) is 91.5 Å². The third kappa shape index (κ3) is 25.5. The lowest BCUT2D eigenvalue weighted by Gasteiger charge is -2.39. The summed E-state index contributed by atoms with van der Waals surface area (Å²) in [5.41, 5.74) is 1.92. The monoisotopic (exact) mass is 566 g/mol. The number of benzene rings is 1. The third-order valence-corrected chi connectivity index (χ3v) is 6.49. The van der Waals surface area contributed by atoms with Gasteiger partial charge in [0.1, 0.15) is 5.75 Å². The molecule has 1 aromatic carbocycles. The molecule has 0 aromatic heterocycles. The van der Waals surface area contributed by atoms with E-state index in [4.69, 9.17) is 4.74 Å². The Balaban J connectivity index is -0.000000300. The first kappa shape index (κ1) is 48.3. The Morgan fingerprint density at radius 2 is 1.40 bits per heavy atom. The Morgan fingerprint density at radius 3 is 1.85 bits per heavy atom. The third-order valence-electron chi connectivity index (χ3n) is 6.49. The number of ether oxygens (including phenoxy) is 1. The number of hydrogen-bond donors (Lipinski definition) is 1. The molecule has 1 aliphatic carbocycles. The second-order valence-electron chi connectivity index (χ2n) is 10.2. The summed E-state index contributed by atoms with van der Waals surface area (Å²) in [6.07, 6.45) is 9.38. The van der Waals surface area contributed by atoms with Gasteiger partial charge < -0.3 is 10.1 Å². The van der Waals surface area contributed by atoms with Crippen LogP contribution in [0.15, 0.2) is 37.0 Å². The highest BCUT2D eigenvalue weighted by Gasteiger charge is 2.32. The fourth-order valence-corrected chi connectivity index (χ4v) is 4.67. The number of nitrogens with one attached hydrogen (secondary N) is 1. The van der Waals surface area contributed by atoms with Crippen molar-refractivity contribution in [3.05, 3.63) is 42.6 Å². The van der Waals surface area contributed by atoms with Crippen LogP contribution in [0, 0.1) is 23.2 Å². The minimum absolute atomic E-state index is 0.467. The van der Waals surface area contributed by atoms with Crippen LogP contribution in [0.5, 0.6) is 5.75 Å². The molecule has 1 fully saturated rings. The molecule has 242 valence electrons. The molecule has 0 radical (unpaired) electrons. The summed E-state index contributed by atoms with van der Waals surface area (Å²) >= 11 is 0. The van der Waals surface area contributed by atoms with Crippen molar-refractivity contribution in [3.63, 3.8) is 0 Å². The molecule has 2 nitrogen and oxygen atoms in total. The van der Waals surface area contributed by atoms with Crippen LogP contribution < -0.4 is 10.1 Å². The second kappa shape index (κ2) is 35.6. The van der Waals surface area contributed by atoms with Gasteiger partial charge in [-0.15, -0.1) is 0 Å². The maximum atomic E-state index is 6.22. The van der Waals surface area contributed by atoms with Crippen LogP contribution >= 0.6 is 0 Å². The Morgan fingerprint density at radius 1 is 0.900 bits per heavy atom. The van der Waals surface area contributed by atoms with Crippen molar-refractivity contribution in [3.8, 4) is 5.75 Å². The van der Waals surface area contributed by atoms with Crippen molar-refractivity contribution in [1.29, 1.82) is 0 Å². The van der Waals surface area contributed by atoms with Crippen molar-refractivity contribution >= 4 is 0 Å². The van der Waals surface area contributed by atoms with Crippen LogP contribution in [0.25, 0.3) is 0 Å². The molecule has 1 saturated carbocycles. The highest BCUT2D eigenvalue weighted by molar-refractivity contribution is 5.29. The molecule has 40 heavy (non-hydrogen) atoms. The molecule has 3 atom stereocenters. The topological polar surface area (TPSA) is 21.3 Å². The Kier molecular flexibility index (Phi) is 43.0. The van der Waals surface area contributed by atoms with Gasteiger partial charge in [-0.3, -0.25) is 0 Å². The van der Waals surface area contributed by atoms with Crippen molar-refractivity contribution < 1.29 is 4.74 Å². The van der Waals surface area contributed by atoms with Gasteiger partial charge >= 0.3 is 0 Å². The molecule has 0 heterocycles. The van der Waals surface area contributed by atoms with Crippen molar-refractivity contribution in [2.45, 2.75) is 162 Å². The minimum Gasteiger partial charge on any atom is -0.493 e. The summed E-state index contributed by atoms with van der Waals surface area (Å²) in [5, 5.41) is 3.22. The highest BCUT2D eigenvalue weighted by Crippen LogP contribution is 2.41. The van der Waals surface area contributed by atoms with E-state index < -0.39 is 0 Å². The van der Waals surface area contributed by atoms with Gasteiger partial charge in [-0.1, -0.05) is 136 Å². The van der Waals surface area contributed by atoms with Gasteiger partial charge in [-0.25, -0.2) is 0 Å². The molecule has 1 aliphatic rings. The maximum absolute atomic E-state index is 6.22. The molecule has 1 N–H and O–H groups in total. The quantitative estimate of drug-likeness (QED) is 0.269. The Bertz CT molecular complexity index is 576. The first-order valence-corrected chi connectivity index (χ1v) is 17.4. The van der Waals surface area contributed by atoms with E-state index >= 15 is 0 Å². The zero-order valence-electron chi connectivity index (χ0n) is 31.0. The Hall–Kier alpha value is -1.44. The van der Waals surface area contributed by atoms with Crippen molar-refractivity contribution in [2.24, 2.45) is 23.2 Å². The first-order chi connectivity index (χ1) is 19.3. The SMILES string of the molecule is C=CNCCCC(CC(C)C)c1ccc(OC[C@H]2CC(C)(C)CCC2C)cc1.CC.CC.CC.CC.CC.CC. The molecule has 2 heteroatoms. The predicted molar refractivity (Wildman–Crippen MR) is 190 cm³/mol.